The highest BCUT2D eigenvalue weighted by atomic mass is 16.3. The van der Waals surface area contributed by atoms with Crippen molar-refractivity contribution in [3.05, 3.63) is 71.5 Å². The maximum atomic E-state index is 12.5. The summed E-state index contributed by atoms with van der Waals surface area (Å²) in [6, 6.07) is 16.5. The smallest absolute Gasteiger partial charge is 0.318 e. The molecule has 3 amide bonds. The van der Waals surface area contributed by atoms with Crippen LogP contribution in [0.3, 0.4) is 0 Å². The SMILES string of the molecule is CNC(=O)c1ccc(CNC(=O)N(C)C(C)c2cc3ccccc3o2)cc1. The zero-order valence-corrected chi connectivity index (χ0v) is 15.7. The van der Waals surface area contributed by atoms with Crippen LogP contribution in [0.1, 0.15) is 34.6 Å². The summed E-state index contributed by atoms with van der Waals surface area (Å²) < 4.78 is 5.85. The van der Waals surface area contributed by atoms with Gasteiger partial charge in [-0.3, -0.25) is 4.79 Å². The third-order valence-electron chi connectivity index (χ3n) is 4.64. The fourth-order valence-electron chi connectivity index (χ4n) is 2.80. The zero-order chi connectivity index (χ0) is 19.4. The summed E-state index contributed by atoms with van der Waals surface area (Å²) >= 11 is 0. The molecule has 1 atom stereocenters. The van der Waals surface area contributed by atoms with Crippen LogP contribution in [0.2, 0.25) is 0 Å². The average molecular weight is 365 g/mol. The molecule has 0 aliphatic rings. The number of rotatable bonds is 5. The van der Waals surface area contributed by atoms with E-state index in [9.17, 15) is 9.59 Å². The first-order valence-electron chi connectivity index (χ1n) is 8.79. The van der Waals surface area contributed by atoms with Crippen molar-refractivity contribution in [2.75, 3.05) is 14.1 Å². The molecule has 0 aliphatic heterocycles. The first-order valence-corrected chi connectivity index (χ1v) is 8.79. The van der Waals surface area contributed by atoms with Crippen molar-refractivity contribution in [2.24, 2.45) is 0 Å². The van der Waals surface area contributed by atoms with E-state index in [1.807, 2.05) is 49.4 Å². The highest BCUT2D eigenvalue weighted by Crippen LogP contribution is 2.26. The van der Waals surface area contributed by atoms with Crippen molar-refractivity contribution in [2.45, 2.75) is 19.5 Å². The number of urea groups is 1. The third kappa shape index (κ3) is 4.11. The van der Waals surface area contributed by atoms with E-state index in [4.69, 9.17) is 4.42 Å². The largest absolute Gasteiger partial charge is 0.459 e. The quantitative estimate of drug-likeness (QED) is 0.724. The molecule has 3 aromatic rings. The van der Waals surface area contributed by atoms with Gasteiger partial charge in [-0.05, 0) is 36.8 Å². The standard InChI is InChI=1S/C21H23N3O3/c1-14(19-12-17-6-4-5-7-18(17)27-19)24(3)21(26)23-13-15-8-10-16(11-9-15)20(25)22-2/h4-12,14H,13H2,1-3H3,(H,22,25)(H,23,26). The highest BCUT2D eigenvalue weighted by Gasteiger charge is 2.20. The molecule has 2 N–H and O–H groups in total. The average Bonchev–Trinajstić information content (AvgIpc) is 3.15. The molecule has 0 aliphatic carbocycles. The number of para-hydroxylation sites is 1. The Bertz CT molecular complexity index is 914. The Morgan fingerprint density at radius 3 is 2.48 bits per heavy atom. The van der Waals surface area contributed by atoms with Gasteiger partial charge in [0.2, 0.25) is 0 Å². The van der Waals surface area contributed by atoms with Crippen LogP contribution in [0.15, 0.2) is 59.0 Å². The van der Waals surface area contributed by atoms with Crippen molar-refractivity contribution < 1.29 is 14.0 Å². The molecular formula is C21H23N3O3. The van der Waals surface area contributed by atoms with Crippen LogP contribution < -0.4 is 10.6 Å². The summed E-state index contributed by atoms with van der Waals surface area (Å²) in [6.45, 7) is 2.31. The summed E-state index contributed by atoms with van der Waals surface area (Å²) in [5.41, 5.74) is 2.31. The van der Waals surface area contributed by atoms with Gasteiger partial charge in [-0.25, -0.2) is 4.79 Å². The Balaban J connectivity index is 1.60. The van der Waals surface area contributed by atoms with Crippen LogP contribution in [0, 0.1) is 0 Å². The van der Waals surface area contributed by atoms with Crippen LogP contribution in [-0.4, -0.2) is 30.9 Å². The molecule has 0 spiro atoms. The summed E-state index contributed by atoms with van der Waals surface area (Å²) in [5, 5.41) is 6.49. The molecular weight excluding hydrogens is 342 g/mol. The van der Waals surface area contributed by atoms with Gasteiger partial charge in [0, 0.05) is 31.6 Å². The normalized spacial score (nSPS) is 11.8. The number of carbonyl (C=O) groups excluding carboxylic acids is 2. The fourth-order valence-corrected chi connectivity index (χ4v) is 2.80. The number of hydrogen-bond donors (Lipinski definition) is 2. The minimum Gasteiger partial charge on any atom is -0.459 e. The van der Waals surface area contributed by atoms with Crippen LogP contribution >= 0.6 is 0 Å². The van der Waals surface area contributed by atoms with Gasteiger partial charge in [0.05, 0.1) is 6.04 Å². The number of nitrogens with zero attached hydrogens (tertiary/aromatic N) is 1. The predicted molar refractivity (Wildman–Crippen MR) is 104 cm³/mol. The number of carbonyl (C=O) groups is 2. The topological polar surface area (TPSA) is 74.6 Å². The lowest BCUT2D eigenvalue weighted by Crippen LogP contribution is -2.38. The van der Waals surface area contributed by atoms with Gasteiger partial charge in [-0.1, -0.05) is 30.3 Å². The minimum atomic E-state index is -0.201. The van der Waals surface area contributed by atoms with Gasteiger partial charge in [0.15, 0.2) is 0 Å². The molecule has 27 heavy (non-hydrogen) atoms. The maximum Gasteiger partial charge on any atom is 0.318 e. The Kier molecular flexibility index (Phi) is 5.45. The van der Waals surface area contributed by atoms with E-state index in [0.29, 0.717) is 12.1 Å². The van der Waals surface area contributed by atoms with E-state index >= 15 is 0 Å². The molecule has 0 saturated carbocycles. The second kappa shape index (κ2) is 7.95. The lowest BCUT2D eigenvalue weighted by atomic mass is 10.1. The summed E-state index contributed by atoms with van der Waals surface area (Å²) in [7, 11) is 3.33. The highest BCUT2D eigenvalue weighted by molar-refractivity contribution is 5.93. The Morgan fingerprint density at radius 1 is 1.11 bits per heavy atom. The maximum absolute atomic E-state index is 12.5. The second-order valence-corrected chi connectivity index (χ2v) is 6.41. The molecule has 0 radical (unpaired) electrons. The number of benzene rings is 2. The number of furan rings is 1. The lowest BCUT2D eigenvalue weighted by molar-refractivity contribution is 0.0963. The Hall–Kier alpha value is -3.28. The monoisotopic (exact) mass is 365 g/mol. The molecule has 0 saturated heterocycles. The van der Waals surface area contributed by atoms with Crippen LogP contribution in [-0.2, 0) is 6.54 Å². The summed E-state index contributed by atoms with van der Waals surface area (Å²) in [4.78, 5) is 25.6. The van der Waals surface area contributed by atoms with E-state index in [1.54, 1.807) is 31.1 Å². The molecule has 6 nitrogen and oxygen atoms in total. The van der Waals surface area contributed by atoms with Gasteiger partial charge in [0.1, 0.15) is 11.3 Å². The third-order valence-corrected chi connectivity index (χ3v) is 4.64. The Labute approximate surface area is 158 Å². The van der Waals surface area contributed by atoms with Gasteiger partial charge < -0.3 is 20.0 Å². The number of hydrogen-bond acceptors (Lipinski definition) is 3. The predicted octanol–water partition coefficient (Wildman–Crippen LogP) is 3.70. The second-order valence-electron chi connectivity index (χ2n) is 6.41. The molecule has 2 aromatic carbocycles. The van der Waals surface area contributed by atoms with E-state index in [-0.39, 0.29) is 18.0 Å². The Morgan fingerprint density at radius 2 is 1.81 bits per heavy atom. The number of fused-ring (bicyclic) bond motifs is 1. The van der Waals surface area contributed by atoms with E-state index < -0.39 is 0 Å². The molecule has 140 valence electrons. The molecule has 1 aromatic heterocycles. The first-order chi connectivity index (χ1) is 13.0. The van der Waals surface area contributed by atoms with Gasteiger partial charge in [-0.2, -0.15) is 0 Å². The van der Waals surface area contributed by atoms with Gasteiger partial charge >= 0.3 is 6.03 Å². The lowest BCUT2D eigenvalue weighted by Gasteiger charge is -2.23. The number of nitrogens with one attached hydrogen (secondary N) is 2. The van der Waals surface area contributed by atoms with Crippen LogP contribution in [0.5, 0.6) is 0 Å². The summed E-state index contributed by atoms with van der Waals surface area (Å²) in [5.74, 6) is 0.605. The van der Waals surface area contributed by atoms with Gasteiger partial charge in [-0.15, -0.1) is 0 Å². The molecule has 1 unspecified atom stereocenters. The molecule has 0 bridgehead atoms. The first kappa shape index (κ1) is 18.5. The summed E-state index contributed by atoms with van der Waals surface area (Å²) in [6.07, 6.45) is 0. The van der Waals surface area contributed by atoms with Crippen LogP contribution in [0.25, 0.3) is 11.0 Å². The van der Waals surface area contributed by atoms with E-state index in [0.717, 1.165) is 22.3 Å². The van der Waals surface area contributed by atoms with Crippen molar-refractivity contribution in [3.63, 3.8) is 0 Å². The number of amides is 3. The van der Waals surface area contributed by atoms with Crippen molar-refractivity contribution >= 4 is 22.9 Å². The molecule has 3 rings (SSSR count). The minimum absolute atomic E-state index is 0.134. The van der Waals surface area contributed by atoms with E-state index in [2.05, 4.69) is 10.6 Å². The molecule has 0 fully saturated rings. The van der Waals surface area contributed by atoms with Crippen molar-refractivity contribution in [1.82, 2.24) is 15.5 Å². The van der Waals surface area contributed by atoms with E-state index in [1.165, 1.54) is 0 Å². The zero-order valence-electron chi connectivity index (χ0n) is 15.7. The van der Waals surface area contributed by atoms with Crippen molar-refractivity contribution in [3.8, 4) is 0 Å². The molecule has 6 heteroatoms. The molecule has 1 heterocycles. The van der Waals surface area contributed by atoms with Gasteiger partial charge in [0.25, 0.3) is 5.91 Å². The van der Waals surface area contributed by atoms with Crippen LogP contribution in [0.4, 0.5) is 4.79 Å². The fraction of sp³-hybridized carbons (Fsp3) is 0.238. The van der Waals surface area contributed by atoms with Crippen molar-refractivity contribution in [1.29, 1.82) is 0 Å².